The predicted octanol–water partition coefficient (Wildman–Crippen LogP) is 3.00. The quantitative estimate of drug-likeness (QED) is 0.922. The summed E-state index contributed by atoms with van der Waals surface area (Å²) in [4.78, 5) is 4.06. The van der Waals surface area contributed by atoms with Crippen molar-refractivity contribution in [1.82, 2.24) is 9.55 Å². The van der Waals surface area contributed by atoms with Crippen molar-refractivity contribution in [2.45, 2.75) is 26.2 Å². The molecule has 0 aliphatic carbocycles. The lowest BCUT2D eigenvalue weighted by atomic mass is 10.1. The van der Waals surface area contributed by atoms with Crippen molar-refractivity contribution in [1.29, 1.82) is 0 Å². The lowest BCUT2D eigenvalue weighted by Gasteiger charge is -2.05. The minimum atomic E-state index is 0.469. The smallest absolute Gasteiger partial charge is 0.201 e. The number of rotatable bonds is 4. The van der Waals surface area contributed by atoms with Crippen LogP contribution in [-0.2, 0) is 26.3 Å². The molecule has 0 fully saturated rings. The standard InChI is InChI=1S/C14H18ClN3/c1-3-10-4-6-11(7-5-10)8-9-12-13(15)17-14(16)18(12)2/h4-7H,3,8-9H2,1-2H3,(H2,16,17). The number of aryl methyl sites for hydroxylation is 2. The van der Waals surface area contributed by atoms with Crippen molar-refractivity contribution < 1.29 is 0 Å². The summed E-state index contributed by atoms with van der Waals surface area (Å²) in [5, 5.41) is 0.514. The normalized spacial score (nSPS) is 10.8. The number of nitrogens with zero attached hydrogens (tertiary/aromatic N) is 2. The summed E-state index contributed by atoms with van der Waals surface area (Å²) in [5.41, 5.74) is 9.38. The molecule has 1 aromatic carbocycles. The van der Waals surface area contributed by atoms with Gasteiger partial charge in [-0.25, -0.2) is 4.98 Å². The first kappa shape index (κ1) is 13.0. The summed E-state index contributed by atoms with van der Waals surface area (Å²) in [6, 6.07) is 8.70. The molecule has 0 atom stereocenters. The Balaban J connectivity index is 2.06. The number of nitrogens with two attached hydrogens (primary N) is 1. The van der Waals surface area contributed by atoms with Crippen LogP contribution in [0.5, 0.6) is 0 Å². The molecule has 0 spiro atoms. The van der Waals surface area contributed by atoms with E-state index in [2.05, 4.69) is 36.2 Å². The summed E-state index contributed by atoms with van der Waals surface area (Å²) < 4.78 is 1.85. The van der Waals surface area contributed by atoms with Crippen molar-refractivity contribution >= 4 is 17.5 Å². The Labute approximate surface area is 113 Å². The molecule has 4 heteroatoms. The van der Waals surface area contributed by atoms with Gasteiger partial charge in [0.15, 0.2) is 5.15 Å². The largest absolute Gasteiger partial charge is 0.369 e. The van der Waals surface area contributed by atoms with Crippen molar-refractivity contribution in [3.63, 3.8) is 0 Å². The van der Waals surface area contributed by atoms with Gasteiger partial charge < -0.3 is 10.3 Å². The molecule has 0 saturated heterocycles. The van der Waals surface area contributed by atoms with Crippen LogP contribution in [0, 0.1) is 0 Å². The fourth-order valence-corrected chi connectivity index (χ4v) is 2.30. The Kier molecular flexibility index (Phi) is 3.92. The average molecular weight is 264 g/mol. The summed E-state index contributed by atoms with van der Waals surface area (Å²) >= 11 is 6.05. The van der Waals surface area contributed by atoms with Crippen LogP contribution >= 0.6 is 11.6 Å². The van der Waals surface area contributed by atoms with Crippen LogP contribution in [0.25, 0.3) is 0 Å². The molecular formula is C14H18ClN3. The van der Waals surface area contributed by atoms with Crippen LogP contribution < -0.4 is 5.73 Å². The van der Waals surface area contributed by atoms with Crippen molar-refractivity contribution in [3.05, 3.63) is 46.2 Å². The highest BCUT2D eigenvalue weighted by Crippen LogP contribution is 2.19. The first-order valence-corrected chi connectivity index (χ1v) is 6.54. The maximum atomic E-state index is 6.05. The molecule has 0 radical (unpaired) electrons. The summed E-state index contributed by atoms with van der Waals surface area (Å²) in [7, 11) is 1.89. The zero-order valence-corrected chi connectivity index (χ0v) is 11.5. The van der Waals surface area contributed by atoms with E-state index >= 15 is 0 Å². The zero-order valence-electron chi connectivity index (χ0n) is 10.8. The van der Waals surface area contributed by atoms with Crippen molar-refractivity contribution in [3.8, 4) is 0 Å². The van der Waals surface area contributed by atoms with E-state index in [1.807, 2.05) is 11.6 Å². The van der Waals surface area contributed by atoms with Gasteiger partial charge in [0.2, 0.25) is 5.95 Å². The fourth-order valence-electron chi connectivity index (χ4n) is 1.99. The Morgan fingerprint density at radius 3 is 2.28 bits per heavy atom. The average Bonchev–Trinajstić information content (AvgIpc) is 2.62. The Morgan fingerprint density at radius 2 is 1.78 bits per heavy atom. The minimum Gasteiger partial charge on any atom is -0.369 e. The van der Waals surface area contributed by atoms with E-state index in [0.29, 0.717) is 11.1 Å². The van der Waals surface area contributed by atoms with E-state index in [9.17, 15) is 0 Å². The SMILES string of the molecule is CCc1ccc(CCc2c(Cl)nc(N)n2C)cc1. The molecular weight excluding hydrogens is 246 g/mol. The van der Waals surface area contributed by atoms with E-state index < -0.39 is 0 Å². The van der Waals surface area contributed by atoms with E-state index in [1.165, 1.54) is 11.1 Å². The zero-order chi connectivity index (χ0) is 13.1. The first-order chi connectivity index (χ1) is 8.61. The van der Waals surface area contributed by atoms with Gasteiger partial charge in [0, 0.05) is 7.05 Å². The number of imidazole rings is 1. The van der Waals surface area contributed by atoms with E-state index in [1.54, 1.807) is 0 Å². The molecule has 18 heavy (non-hydrogen) atoms. The number of hydrogen-bond acceptors (Lipinski definition) is 2. The highest BCUT2D eigenvalue weighted by Gasteiger charge is 2.10. The number of anilines is 1. The van der Waals surface area contributed by atoms with Crippen LogP contribution in [0.2, 0.25) is 5.15 Å². The summed E-state index contributed by atoms with van der Waals surface area (Å²) in [6.07, 6.45) is 2.87. The molecule has 0 unspecified atom stereocenters. The highest BCUT2D eigenvalue weighted by atomic mass is 35.5. The topological polar surface area (TPSA) is 43.8 Å². The number of benzene rings is 1. The first-order valence-electron chi connectivity index (χ1n) is 6.16. The van der Waals surface area contributed by atoms with Gasteiger partial charge in [0.25, 0.3) is 0 Å². The van der Waals surface area contributed by atoms with Crippen LogP contribution in [0.4, 0.5) is 5.95 Å². The van der Waals surface area contributed by atoms with Gasteiger partial charge in [-0.1, -0.05) is 42.8 Å². The molecule has 96 valence electrons. The second kappa shape index (κ2) is 5.44. The Bertz CT molecular complexity index is 529. The van der Waals surface area contributed by atoms with Crippen LogP contribution in [0.15, 0.2) is 24.3 Å². The van der Waals surface area contributed by atoms with Crippen LogP contribution in [-0.4, -0.2) is 9.55 Å². The second-order valence-electron chi connectivity index (χ2n) is 4.44. The summed E-state index contributed by atoms with van der Waals surface area (Å²) in [5.74, 6) is 0.469. The Morgan fingerprint density at radius 1 is 1.17 bits per heavy atom. The molecule has 0 aliphatic rings. The van der Waals surface area contributed by atoms with E-state index in [-0.39, 0.29) is 0 Å². The molecule has 2 N–H and O–H groups in total. The van der Waals surface area contributed by atoms with Crippen LogP contribution in [0.1, 0.15) is 23.7 Å². The van der Waals surface area contributed by atoms with Gasteiger partial charge >= 0.3 is 0 Å². The van der Waals surface area contributed by atoms with Gasteiger partial charge in [0.05, 0.1) is 5.69 Å². The minimum absolute atomic E-state index is 0.469. The number of nitrogen functional groups attached to an aromatic ring is 1. The lowest BCUT2D eigenvalue weighted by molar-refractivity contribution is 0.807. The third-order valence-corrected chi connectivity index (χ3v) is 3.58. The third kappa shape index (κ3) is 2.67. The molecule has 3 nitrogen and oxygen atoms in total. The van der Waals surface area contributed by atoms with Gasteiger partial charge in [-0.15, -0.1) is 0 Å². The second-order valence-corrected chi connectivity index (χ2v) is 4.79. The van der Waals surface area contributed by atoms with Crippen molar-refractivity contribution in [2.24, 2.45) is 7.05 Å². The van der Waals surface area contributed by atoms with Gasteiger partial charge in [-0.3, -0.25) is 0 Å². The lowest BCUT2D eigenvalue weighted by Crippen LogP contribution is -2.03. The third-order valence-electron chi connectivity index (χ3n) is 3.28. The summed E-state index contributed by atoms with van der Waals surface area (Å²) in [6.45, 7) is 2.16. The monoisotopic (exact) mass is 263 g/mol. The fraction of sp³-hybridized carbons (Fsp3) is 0.357. The molecule has 0 amide bonds. The molecule has 2 aromatic rings. The van der Waals surface area contributed by atoms with Crippen LogP contribution in [0.3, 0.4) is 0 Å². The van der Waals surface area contributed by atoms with Gasteiger partial charge in [-0.2, -0.15) is 0 Å². The van der Waals surface area contributed by atoms with E-state index in [4.69, 9.17) is 17.3 Å². The maximum absolute atomic E-state index is 6.05. The van der Waals surface area contributed by atoms with E-state index in [0.717, 1.165) is 25.0 Å². The maximum Gasteiger partial charge on any atom is 0.201 e. The van der Waals surface area contributed by atoms with Gasteiger partial charge in [0.1, 0.15) is 0 Å². The van der Waals surface area contributed by atoms with Gasteiger partial charge in [-0.05, 0) is 30.4 Å². The predicted molar refractivity (Wildman–Crippen MR) is 75.9 cm³/mol. The number of aromatic nitrogens is 2. The Hall–Kier alpha value is -1.48. The van der Waals surface area contributed by atoms with Crippen molar-refractivity contribution in [2.75, 3.05) is 5.73 Å². The molecule has 0 aliphatic heterocycles. The number of halogens is 1. The highest BCUT2D eigenvalue weighted by molar-refractivity contribution is 6.30. The molecule has 1 aromatic heterocycles. The molecule has 0 saturated carbocycles. The number of hydrogen-bond donors (Lipinski definition) is 1. The molecule has 2 rings (SSSR count). The molecule has 0 bridgehead atoms. The molecule has 1 heterocycles.